The number of ether oxygens (including phenoxy) is 1. The van der Waals surface area contributed by atoms with Crippen molar-refractivity contribution in [3.8, 4) is 0 Å². The molecule has 2 aromatic carbocycles. The Morgan fingerprint density at radius 1 is 1.18 bits per heavy atom. The van der Waals surface area contributed by atoms with Gasteiger partial charge in [0.2, 0.25) is 0 Å². The van der Waals surface area contributed by atoms with E-state index >= 15 is 0 Å². The Morgan fingerprint density at radius 2 is 1.85 bits per heavy atom. The maximum atomic E-state index is 14.0. The van der Waals surface area contributed by atoms with E-state index < -0.39 is 31.6 Å². The molecule has 0 aliphatic carbocycles. The van der Waals surface area contributed by atoms with Crippen molar-refractivity contribution in [2.24, 2.45) is 0 Å². The van der Waals surface area contributed by atoms with Crippen LogP contribution >= 0.6 is 39.1 Å². The zero-order valence-electron chi connectivity index (χ0n) is 24.0. The molecule has 0 saturated heterocycles. The van der Waals surface area contributed by atoms with Crippen LogP contribution in [0.1, 0.15) is 65.0 Å². The minimum absolute atomic E-state index is 0.0638. The Morgan fingerprint density at radius 3 is 2.44 bits per heavy atom. The van der Waals surface area contributed by atoms with Gasteiger partial charge in [-0.3, -0.25) is 4.90 Å². The minimum Gasteiger partial charge on any atom is -0.443 e. The minimum atomic E-state index is -2.04. The molecule has 1 N–H and O–H groups in total. The molecular weight excluding hydrogens is 615 g/mol. The van der Waals surface area contributed by atoms with E-state index in [1.807, 2.05) is 45.0 Å². The first-order valence-corrected chi connectivity index (χ1v) is 17.7. The number of rotatable bonds is 5. The number of fused-ring (bicyclic) bond motifs is 4. The van der Waals surface area contributed by atoms with Crippen LogP contribution < -0.4 is 10.2 Å². The summed E-state index contributed by atoms with van der Waals surface area (Å²) in [5.74, 6) is -0.157. The Bertz CT molecular complexity index is 1300. The summed E-state index contributed by atoms with van der Waals surface area (Å²) in [6.45, 7) is 21.6. The van der Waals surface area contributed by atoms with E-state index in [1.165, 1.54) is 0 Å². The number of anilines is 2. The smallest absolute Gasteiger partial charge is 0.416 e. The standard InChI is InChI=1S/C30H39BrCl2N2O3Si/c1-10-21-20-12-11-18(31)15-24(20)35(27(36)38-28(2,3)4)26-30(21,13-14-37-39(8,9)29(5,6)7)22-16-19(32)17-23(33)25(22)34-26/h10-12,15-17,21,26,34H,1,13-14H2,2-9H3/t21-,26-,30-/m0/s1. The summed E-state index contributed by atoms with van der Waals surface area (Å²) in [7, 11) is -2.04. The SMILES string of the molecule is C=C[C@H]1c2ccc(Br)cc2N(C(=O)OC(C)(C)C)[C@@H]2Nc3c(Cl)cc(Cl)cc3[C@]12CCO[Si](C)(C)C(C)(C)C. The van der Waals surface area contributed by atoms with E-state index in [1.54, 1.807) is 11.0 Å². The van der Waals surface area contributed by atoms with E-state index in [4.69, 9.17) is 32.4 Å². The molecule has 2 heterocycles. The van der Waals surface area contributed by atoms with E-state index in [0.717, 1.165) is 27.0 Å². The third kappa shape index (κ3) is 5.42. The highest BCUT2D eigenvalue weighted by Gasteiger charge is 2.60. The molecule has 2 aliphatic rings. The molecule has 0 saturated carbocycles. The van der Waals surface area contributed by atoms with Crippen LogP contribution in [0.5, 0.6) is 0 Å². The molecule has 1 amide bonds. The number of nitrogens with one attached hydrogen (secondary N) is 1. The van der Waals surface area contributed by atoms with Crippen molar-refractivity contribution >= 4 is 64.9 Å². The number of carbonyl (C=O) groups excluding carboxylic acids is 1. The molecule has 9 heteroatoms. The quantitative estimate of drug-likeness (QED) is 0.258. The average molecular weight is 655 g/mol. The molecule has 0 radical (unpaired) electrons. The average Bonchev–Trinajstić information content (AvgIpc) is 3.09. The normalized spacial score (nSPS) is 22.5. The van der Waals surface area contributed by atoms with E-state index in [9.17, 15) is 4.79 Å². The second-order valence-electron chi connectivity index (χ2n) is 13.0. The number of amides is 1. The van der Waals surface area contributed by atoms with Crippen molar-refractivity contribution in [1.29, 1.82) is 0 Å². The van der Waals surface area contributed by atoms with Crippen LogP contribution in [0.4, 0.5) is 16.2 Å². The van der Waals surface area contributed by atoms with Gasteiger partial charge in [-0.05, 0) is 80.7 Å². The van der Waals surface area contributed by atoms with E-state index in [-0.39, 0.29) is 11.0 Å². The third-order valence-corrected chi connectivity index (χ3v) is 13.9. The molecule has 0 bridgehead atoms. The molecule has 3 atom stereocenters. The summed E-state index contributed by atoms with van der Waals surface area (Å²) in [6.07, 6.45) is 1.65. The Balaban J connectivity index is 1.95. The number of halogens is 3. The Hall–Kier alpha value is -1.51. The van der Waals surface area contributed by atoms with Gasteiger partial charge < -0.3 is 14.5 Å². The lowest BCUT2D eigenvalue weighted by atomic mass is 9.62. The summed E-state index contributed by atoms with van der Waals surface area (Å²) >= 11 is 17.0. The summed E-state index contributed by atoms with van der Waals surface area (Å²) in [4.78, 5) is 15.7. The zero-order chi connectivity index (χ0) is 29.1. The molecule has 0 spiro atoms. The first-order chi connectivity index (χ1) is 17.9. The van der Waals surface area contributed by atoms with Gasteiger partial charge in [0, 0.05) is 27.4 Å². The first-order valence-electron chi connectivity index (χ1n) is 13.3. The zero-order valence-corrected chi connectivity index (χ0v) is 28.1. The van der Waals surface area contributed by atoms with Gasteiger partial charge in [-0.1, -0.05) is 72.0 Å². The molecule has 4 rings (SSSR count). The second-order valence-corrected chi connectivity index (χ2v) is 19.6. The topological polar surface area (TPSA) is 50.8 Å². The highest BCUT2D eigenvalue weighted by molar-refractivity contribution is 9.10. The van der Waals surface area contributed by atoms with Crippen LogP contribution in [0.2, 0.25) is 28.2 Å². The van der Waals surface area contributed by atoms with Crippen molar-refractivity contribution in [3.63, 3.8) is 0 Å². The lowest BCUT2D eigenvalue weighted by molar-refractivity contribution is 0.0540. The highest BCUT2D eigenvalue weighted by Crippen LogP contribution is 2.60. The molecule has 2 aromatic rings. The van der Waals surface area contributed by atoms with Gasteiger partial charge in [0.25, 0.3) is 0 Å². The molecule has 5 nitrogen and oxygen atoms in total. The highest BCUT2D eigenvalue weighted by atomic mass is 79.9. The predicted molar refractivity (Wildman–Crippen MR) is 169 cm³/mol. The first kappa shape index (κ1) is 30.4. The number of hydrogen-bond donors (Lipinski definition) is 1. The van der Waals surface area contributed by atoms with E-state index in [2.05, 4.69) is 67.8 Å². The van der Waals surface area contributed by atoms with Gasteiger partial charge in [-0.15, -0.1) is 6.58 Å². The van der Waals surface area contributed by atoms with Crippen LogP contribution in [0, 0.1) is 0 Å². The Labute approximate surface area is 252 Å². The number of nitrogens with zero attached hydrogens (tertiary/aromatic N) is 1. The molecule has 0 aromatic heterocycles. The fourth-order valence-corrected chi connectivity index (χ4v) is 7.45. The van der Waals surface area contributed by atoms with Crippen molar-refractivity contribution in [2.45, 2.75) is 89.2 Å². The van der Waals surface area contributed by atoms with Crippen LogP contribution in [-0.4, -0.2) is 32.8 Å². The van der Waals surface area contributed by atoms with Crippen molar-refractivity contribution in [1.82, 2.24) is 0 Å². The van der Waals surface area contributed by atoms with Crippen LogP contribution in [0.3, 0.4) is 0 Å². The maximum Gasteiger partial charge on any atom is 0.416 e. The van der Waals surface area contributed by atoms with Crippen molar-refractivity contribution in [3.05, 3.63) is 68.6 Å². The summed E-state index contributed by atoms with van der Waals surface area (Å²) < 4.78 is 13.6. The van der Waals surface area contributed by atoms with Crippen molar-refractivity contribution in [2.75, 3.05) is 16.8 Å². The van der Waals surface area contributed by atoms with Crippen molar-refractivity contribution < 1.29 is 14.0 Å². The van der Waals surface area contributed by atoms with Gasteiger partial charge in [0.1, 0.15) is 11.8 Å². The Kier molecular flexibility index (Phi) is 8.11. The summed E-state index contributed by atoms with van der Waals surface area (Å²) in [5, 5.41) is 4.73. The van der Waals surface area contributed by atoms with Gasteiger partial charge in [-0.2, -0.15) is 0 Å². The summed E-state index contributed by atoms with van der Waals surface area (Å²) in [5.41, 5.74) is 2.12. The maximum absolute atomic E-state index is 14.0. The van der Waals surface area contributed by atoms with Crippen LogP contribution in [0.15, 0.2) is 47.5 Å². The molecule has 2 aliphatic heterocycles. The molecule has 0 fully saturated rings. The van der Waals surface area contributed by atoms with Gasteiger partial charge in [0.15, 0.2) is 8.32 Å². The molecular formula is C30H39BrCl2N2O3Si. The number of benzene rings is 2. The lowest BCUT2D eigenvalue weighted by Gasteiger charge is -2.51. The monoisotopic (exact) mass is 652 g/mol. The molecule has 0 unspecified atom stereocenters. The van der Waals surface area contributed by atoms with Gasteiger partial charge in [-0.25, -0.2) is 4.79 Å². The van der Waals surface area contributed by atoms with Gasteiger partial charge >= 0.3 is 6.09 Å². The number of hydrogen-bond acceptors (Lipinski definition) is 4. The summed E-state index contributed by atoms with van der Waals surface area (Å²) in [6, 6.07) is 9.72. The molecule has 39 heavy (non-hydrogen) atoms. The number of allylic oxidation sites excluding steroid dienone is 1. The van der Waals surface area contributed by atoms with Crippen LogP contribution in [0.25, 0.3) is 0 Å². The number of carbonyl (C=O) groups is 1. The second kappa shape index (κ2) is 10.4. The van der Waals surface area contributed by atoms with E-state index in [0.29, 0.717) is 23.1 Å². The van der Waals surface area contributed by atoms with Gasteiger partial charge in [0.05, 0.1) is 16.4 Å². The third-order valence-electron chi connectivity index (χ3n) is 8.34. The molecule has 212 valence electrons. The predicted octanol–water partition coefficient (Wildman–Crippen LogP) is 9.88. The lowest BCUT2D eigenvalue weighted by Crippen LogP contribution is -2.60. The fourth-order valence-electron chi connectivity index (χ4n) is 5.51. The van der Waals surface area contributed by atoms with Crippen LogP contribution in [-0.2, 0) is 14.6 Å². The fraction of sp³-hybridized carbons (Fsp3) is 0.500. The largest absolute Gasteiger partial charge is 0.443 e.